The lowest BCUT2D eigenvalue weighted by atomic mass is 10.4. The van der Waals surface area contributed by atoms with E-state index in [0.717, 1.165) is 25.2 Å². The highest BCUT2D eigenvalue weighted by Crippen LogP contribution is 2.00. The van der Waals surface area contributed by atoms with Gasteiger partial charge in [0.1, 0.15) is 9.84 Å². The summed E-state index contributed by atoms with van der Waals surface area (Å²) >= 11 is 0. The fourth-order valence-electron chi connectivity index (χ4n) is 1.61. The highest BCUT2D eigenvalue weighted by atomic mass is 32.2. The Morgan fingerprint density at radius 1 is 1.47 bits per heavy atom. The average molecular weight is 259 g/mol. The highest BCUT2D eigenvalue weighted by Gasteiger charge is 2.02. The van der Waals surface area contributed by atoms with Gasteiger partial charge in [-0.25, -0.2) is 13.4 Å². The molecule has 17 heavy (non-hydrogen) atoms. The summed E-state index contributed by atoms with van der Waals surface area (Å²) < 4.78 is 24.0. The number of aromatic nitrogens is 2. The van der Waals surface area contributed by atoms with E-state index in [2.05, 4.69) is 21.8 Å². The fraction of sp³-hybridized carbons (Fsp3) is 0.727. The number of nitrogens with zero attached hydrogens (tertiary/aromatic N) is 2. The molecule has 1 aromatic heterocycles. The quantitative estimate of drug-likeness (QED) is 0.702. The zero-order valence-electron chi connectivity index (χ0n) is 10.5. The largest absolute Gasteiger partial charge is 0.333 e. The lowest BCUT2D eigenvalue weighted by molar-refractivity contribution is 0.584. The molecule has 0 saturated heterocycles. The lowest BCUT2D eigenvalue weighted by Gasteiger charge is -2.07. The van der Waals surface area contributed by atoms with E-state index < -0.39 is 9.84 Å². The third kappa shape index (κ3) is 5.83. The van der Waals surface area contributed by atoms with Crippen LogP contribution in [0, 0.1) is 0 Å². The first-order valence-corrected chi connectivity index (χ1v) is 7.96. The van der Waals surface area contributed by atoms with E-state index in [-0.39, 0.29) is 5.75 Å². The molecule has 1 N–H and O–H groups in total. The first kappa shape index (κ1) is 14.2. The van der Waals surface area contributed by atoms with Crippen molar-refractivity contribution in [1.82, 2.24) is 14.9 Å². The van der Waals surface area contributed by atoms with Crippen molar-refractivity contribution in [2.75, 3.05) is 18.6 Å². The van der Waals surface area contributed by atoms with Gasteiger partial charge in [0.05, 0.1) is 17.8 Å². The van der Waals surface area contributed by atoms with Crippen molar-refractivity contribution in [2.45, 2.75) is 32.9 Å². The van der Waals surface area contributed by atoms with Crippen molar-refractivity contribution in [3.05, 3.63) is 18.2 Å². The highest BCUT2D eigenvalue weighted by molar-refractivity contribution is 7.90. The van der Waals surface area contributed by atoms with Crippen molar-refractivity contribution < 1.29 is 8.42 Å². The molecule has 1 heterocycles. The number of nitrogens with one attached hydrogen (secondary N) is 1. The summed E-state index contributed by atoms with van der Waals surface area (Å²) in [5.41, 5.74) is 1.14. The Morgan fingerprint density at radius 2 is 2.24 bits per heavy atom. The van der Waals surface area contributed by atoms with Gasteiger partial charge < -0.3 is 9.88 Å². The Balaban J connectivity index is 2.24. The standard InChI is InChI=1S/C11H21N3O2S/c1-3-6-14-10-13-9-11(14)8-12-5-4-7-17(2,15)16/h9-10,12H,3-8H2,1-2H3. The minimum absolute atomic E-state index is 0.244. The molecule has 0 fully saturated rings. The van der Waals surface area contributed by atoms with Crippen LogP contribution in [0.5, 0.6) is 0 Å². The number of imidazole rings is 1. The molecule has 0 atom stereocenters. The normalized spacial score (nSPS) is 11.9. The fourth-order valence-corrected chi connectivity index (χ4v) is 2.28. The molecule has 6 heteroatoms. The minimum Gasteiger partial charge on any atom is -0.333 e. The van der Waals surface area contributed by atoms with Crippen LogP contribution in [-0.4, -0.2) is 36.5 Å². The van der Waals surface area contributed by atoms with Gasteiger partial charge in [-0.15, -0.1) is 0 Å². The lowest BCUT2D eigenvalue weighted by Crippen LogP contribution is -2.19. The number of sulfone groups is 1. The van der Waals surface area contributed by atoms with E-state index in [1.807, 2.05) is 12.5 Å². The van der Waals surface area contributed by atoms with Crippen molar-refractivity contribution in [2.24, 2.45) is 0 Å². The van der Waals surface area contributed by atoms with E-state index in [1.165, 1.54) is 6.26 Å². The maximum atomic E-state index is 10.9. The van der Waals surface area contributed by atoms with Gasteiger partial charge in [0.2, 0.25) is 0 Å². The maximum Gasteiger partial charge on any atom is 0.147 e. The van der Waals surface area contributed by atoms with E-state index in [4.69, 9.17) is 0 Å². The number of hydrogen-bond donors (Lipinski definition) is 1. The smallest absolute Gasteiger partial charge is 0.147 e. The molecular formula is C11H21N3O2S. The molecule has 0 unspecified atom stereocenters. The van der Waals surface area contributed by atoms with E-state index in [9.17, 15) is 8.42 Å². The van der Waals surface area contributed by atoms with Gasteiger partial charge in [-0.05, 0) is 19.4 Å². The van der Waals surface area contributed by atoms with E-state index >= 15 is 0 Å². The summed E-state index contributed by atoms with van der Waals surface area (Å²) in [6.07, 6.45) is 6.68. The summed E-state index contributed by atoms with van der Waals surface area (Å²) in [5, 5.41) is 3.23. The Morgan fingerprint density at radius 3 is 2.88 bits per heavy atom. The van der Waals surface area contributed by atoms with Crippen LogP contribution in [0.1, 0.15) is 25.5 Å². The summed E-state index contributed by atoms with van der Waals surface area (Å²) in [6.45, 7) is 4.55. The minimum atomic E-state index is -2.83. The summed E-state index contributed by atoms with van der Waals surface area (Å²) in [5.74, 6) is 0.244. The Kier molecular flexibility index (Phi) is 5.64. The molecular weight excluding hydrogens is 238 g/mol. The van der Waals surface area contributed by atoms with Gasteiger partial charge in [0, 0.05) is 25.5 Å². The van der Waals surface area contributed by atoms with Crippen molar-refractivity contribution in [3.8, 4) is 0 Å². The number of rotatable bonds is 8. The second kappa shape index (κ2) is 6.76. The molecule has 98 valence electrons. The van der Waals surface area contributed by atoms with Gasteiger partial charge >= 0.3 is 0 Å². The molecule has 1 rings (SSSR count). The first-order valence-electron chi connectivity index (χ1n) is 5.90. The molecule has 0 amide bonds. The van der Waals surface area contributed by atoms with E-state index in [1.54, 1.807) is 0 Å². The monoisotopic (exact) mass is 259 g/mol. The maximum absolute atomic E-state index is 10.9. The average Bonchev–Trinajstić information content (AvgIpc) is 2.64. The predicted molar refractivity (Wildman–Crippen MR) is 68.6 cm³/mol. The number of hydrogen-bond acceptors (Lipinski definition) is 4. The summed E-state index contributed by atoms with van der Waals surface area (Å²) in [4.78, 5) is 4.11. The molecule has 0 saturated carbocycles. The van der Waals surface area contributed by atoms with Gasteiger partial charge in [0.25, 0.3) is 0 Å². The first-order chi connectivity index (χ1) is 8.03. The van der Waals surface area contributed by atoms with Crippen LogP contribution in [0.3, 0.4) is 0 Å². The molecule has 0 spiro atoms. The van der Waals surface area contributed by atoms with Gasteiger partial charge in [-0.1, -0.05) is 6.92 Å². The van der Waals surface area contributed by atoms with Gasteiger partial charge in [-0.3, -0.25) is 0 Å². The molecule has 0 aromatic carbocycles. The molecule has 0 aliphatic carbocycles. The molecule has 5 nitrogen and oxygen atoms in total. The van der Waals surface area contributed by atoms with Crippen LogP contribution in [0.15, 0.2) is 12.5 Å². The second-order valence-electron chi connectivity index (χ2n) is 4.24. The Bertz CT molecular complexity index is 426. The molecule has 0 bridgehead atoms. The molecule has 0 radical (unpaired) electrons. The van der Waals surface area contributed by atoms with Crippen molar-refractivity contribution in [3.63, 3.8) is 0 Å². The van der Waals surface area contributed by atoms with Crippen LogP contribution < -0.4 is 5.32 Å². The molecule has 0 aliphatic rings. The third-order valence-corrected chi connectivity index (χ3v) is 3.47. The SMILES string of the molecule is CCCn1cncc1CNCCCS(C)(=O)=O. The Labute approximate surface area is 103 Å². The summed E-state index contributed by atoms with van der Waals surface area (Å²) in [7, 11) is -2.83. The van der Waals surface area contributed by atoms with Gasteiger partial charge in [0.15, 0.2) is 0 Å². The van der Waals surface area contributed by atoms with Crippen LogP contribution in [0.4, 0.5) is 0 Å². The number of aryl methyl sites for hydroxylation is 1. The van der Waals surface area contributed by atoms with E-state index in [0.29, 0.717) is 13.0 Å². The molecule has 1 aromatic rings. The second-order valence-corrected chi connectivity index (χ2v) is 6.50. The van der Waals surface area contributed by atoms with Crippen molar-refractivity contribution >= 4 is 9.84 Å². The van der Waals surface area contributed by atoms with Gasteiger partial charge in [-0.2, -0.15) is 0 Å². The van der Waals surface area contributed by atoms with Crippen LogP contribution >= 0.6 is 0 Å². The zero-order valence-corrected chi connectivity index (χ0v) is 11.3. The Hall–Kier alpha value is -0.880. The van der Waals surface area contributed by atoms with Crippen LogP contribution in [-0.2, 0) is 22.9 Å². The van der Waals surface area contributed by atoms with Crippen LogP contribution in [0.2, 0.25) is 0 Å². The van der Waals surface area contributed by atoms with Crippen LogP contribution in [0.25, 0.3) is 0 Å². The van der Waals surface area contributed by atoms with Crippen molar-refractivity contribution in [1.29, 1.82) is 0 Å². The third-order valence-electron chi connectivity index (χ3n) is 2.44. The summed E-state index contributed by atoms with van der Waals surface area (Å²) in [6, 6.07) is 0. The zero-order chi connectivity index (χ0) is 12.7. The predicted octanol–water partition coefficient (Wildman–Crippen LogP) is 0.817. The molecule has 0 aliphatic heterocycles. The topological polar surface area (TPSA) is 64.0 Å².